The molecule has 1 N–H and O–H groups in total. The Balaban J connectivity index is 2.49. The number of aliphatic hydroxyl groups excluding tert-OH is 1. The van der Waals surface area contributed by atoms with Gasteiger partial charge in [-0.25, -0.2) is 0 Å². The lowest BCUT2D eigenvalue weighted by Gasteiger charge is -2.22. The van der Waals surface area contributed by atoms with E-state index in [1.165, 1.54) is 0 Å². The van der Waals surface area contributed by atoms with E-state index in [2.05, 4.69) is 15.9 Å². The number of benzene rings is 1. The van der Waals surface area contributed by atoms with Crippen LogP contribution in [0.2, 0.25) is 5.02 Å². The normalized spacial score (nSPS) is 12.0. The topological polar surface area (TPSA) is 49.8 Å². The highest BCUT2D eigenvalue weighted by Crippen LogP contribution is 2.28. The van der Waals surface area contributed by atoms with Crippen LogP contribution in [-0.4, -0.2) is 42.2 Å². The van der Waals surface area contributed by atoms with E-state index in [0.29, 0.717) is 17.3 Å². The summed E-state index contributed by atoms with van der Waals surface area (Å²) in [4.78, 5) is 13.9. The minimum absolute atomic E-state index is 0.0687. The van der Waals surface area contributed by atoms with Gasteiger partial charge in [-0.05, 0) is 60.3 Å². The molecule has 0 saturated heterocycles. The number of aliphatic hydroxyl groups is 1. The Morgan fingerprint density at radius 1 is 1.43 bits per heavy atom. The molecular weight excluding hydrogens is 358 g/mol. The van der Waals surface area contributed by atoms with Gasteiger partial charge in [0.25, 0.3) is 5.91 Å². The molecule has 1 aromatic carbocycles. The average molecular weight is 379 g/mol. The molecule has 0 heterocycles. The predicted octanol–water partition coefficient (Wildman–Crippen LogP) is 3.49. The van der Waals surface area contributed by atoms with E-state index in [1.807, 2.05) is 0 Å². The van der Waals surface area contributed by atoms with Gasteiger partial charge in [-0.15, -0.1) is 0 Å². The fourth-order valence-electron chi connectivity index (χ4n) is 1.87. The third kappa shape index (κ3) is 6.24. The number of unbranched alkanes of at least 4 members (excludes halogenated alkanes) is 2. The summed E-state index contributed by atoms with van der Waals surface area (Å²) >= 11 is 9.23. The zero-order valence-corrected chi connectivity index (χ0v) is 14.7. The molecule has 0 saturated carbocycles. The molecule has 0 aliphatic carbocycles. The van der Waals surface area contributed by atoms with Crippen LogP contribution in [0.1, 0.15) is 26.2 Å². The van der Waals surface area contributed by atoms with Gasteiger partial charge in [0.05, 0.1) is 4.47 Å². The standard InChI is InChI=1S/C15H21BrClNO3/c1-11(15(20)18(2)8-4-3-5-9-19)21-14-7-6-12(17)10-13(14)16/h6-7,10-11,19H,3-5,8-9H2,1-2H3. The maximum Gasteiger partial charge on any atom is 0.263 e. The molecular formula is C15H21BrClNO3. The van der Waals surface area contributed by atoms with Crippen LogP contribution in [0, 0.1) is 0 Å². The zero-order chi connectivity index (χ0) is 15.8. The highest BCUT2D eigenvalue weighted by Gasteiger charge is 2.19. The molecule has 0 aliphatic rings. The van der Waals surface area contributed by atoms with Crippen LogP contribution in [0.3, 0.4) is 0 Å². The van der Waals surface area contributed by atoms with Crippen LogP contribution in [0.5, 0.6) is 5.75 Å². The Morgan fingerprint density at radius 3 is 2.76 bits per heavy atom. The van der Waals surface area contributed by atoms with Gasteiger partial charge in [0, 0.05) is 25.2 Å². The van der Waals surface area contributed by atoms with Crippen molar-refractivity contribution in [2.75, 3.05) is 20.2 Å². The summed E-state index contributed by atoms with van der Waals surface area (Å²) in [5.41, 5.74) is 0. The number of likely N-dealkylation sites (N-methyl/N-ethyl adjacent to an activating group) is 1. The fraction of sp³-hybridized carbons (Fsp3) is 0.533. The third-order valence-corrected chi connectivity index (χ3v) is 3.93. The van der Waals surface area contributed by atoms with Crippen molar-refractivity contribution in [1.29, 1.82) is 0 Å². The first kappa shape index (κ1) is 18.3. The third-order valence-electron chi connectivity index (χ3n) is 3.07. The van der Waals surface area contributed by atoms with Crippen LogP contribution in [0.15, 0.2) is 22.7 Å². The summed E-state index contributed by atoms with van der Waals surface area (Å²) in [6.07, 6.45) is 1.99. The molecule has 0 fully saturated rings. The summed E-state index contributed by atoms with van der Waals surface area (Å²) in [5.74, 6) is 0.523. The Labute approximate surface area is 139 Å². The molecule has 0 bridgehead atoms. The van der Waals surface area contributed by atoms with Gasteiger partial charge in [-0.2, -0.15) is 0 Å². The predicted molar refractivity (Wildman–Crippen MR) is 87.8 cm³/mol. The number of hydrogen-bond donors (Lipinski definition) is 1. The Kier molecular flexibility index (Phi) is 8.07. The lowest BCUT2D eigenvalue weighted by molar-refractivity contribution is -0.136. The van der Waals surface area contributed by atoms with Gasteiger partial charge in [0.1, 0.15) is 5.75 Å². The van der Waals surface area contributed by atoms with Gasteiger partial charge in [0.15, 0.2) is 6.10 Å². The first-order chi connectivity index (χ1) is 9.95. The maximum atomic E-state index is 12.2. The zero-order valence-electron chi connectivity index (χ0n) is 12.3. The van der Waals surface area contributed by atoms with E-state index in [1.54, 1.807) is 37.1 Å². The van der Waals surface area contributed by atoms with Crippen molar-refractivity contribution in [2.24, 2.45) is 0 Å². The number of hydrogen-bond acceptors (Lipinski definition) is 3. The van der Waals surface area contributed by atoms with Gasteiger partial charge in [0.2, 0.25) is 0 Å². The van der Waals surface area contributed by atoms with Crippen LogP contribution in [0.25, 0.3) is 0 Å². The second-order valence-electron chi connectivity index (χ2n) is 4.88. The number of rotatable bonds is 8. The van der Waals surface area contributed by atoms with E-state index in [0.717, 1.165) is 23.7 Å². The number of amides is 1. The van der Waals surface area contributed by atoms with Crippen molar-refractivity contribution in [3.8, 4) is 5.75 Å². The molecule has 1 rings (SSSR count). The fourth-order valence-corrected chi connectivity index (χ4v) is 2.65. The summed E-state index contributed by atoms with van der Waals surface area (Å²) in [6.45, 7) is 2.59. The minimum atomic E-state index is -0.565. The first-order valence-corrected chi connectivity index (χ1v) is 8.10. The second kappa shape index (κ2) is 9.28. The molecule has 0 aromatic heterocycles. The molecule has 21 heavy (non-hydrogen) atoms. The molecule has 1 amide bonds. The van der Waals surface area contributed by atoms with Crippen LogP contribution >= 0.6 is 27.5 Å². The minimum Gasteiger partial charge on any atom is -0.480 e. The van der Waals surface area contributed by atoms with E-state index in [-0.39, 0.29) is 12.5 Å². The van der Waals surface area contributed by atoms with Gasteiger partial charge < -0.3 is 14.7 Å². The van der Waals surface area contributed by atoms with Gasteiger partial charge in [-0.1, -0.05) is 11.6 Å². The first-order valence-electron chi connectivity index (χ1n) is 6.93. The molecule has 1 unspecified atom stereocenters. The molecule has 1 aromatic rings. The molecule has 1 atom stereocenters. The quantitative estimate of drug-likeness (QED) is 0.705. The lowest BCUT2D eigenvalue weighted by atomic mass is 10.2. The number of carbonyl (C=O) groups excluding carboxylic acids is 1. The van der Waals surface area contributed by atoms with Gasteiger partial charge >= 0.3 is 0 Å². The maximum absolute atomic E-state index is 12.2. The van der Waals surface area contributed by atoms with Crippen molar-refractivity contribution in [3.63, 3.8) is 0 Å². The molecule has 4 nitrogen and oxygen atoms in total. The van der Waals surface area contributed by atoms with Crippen LogP contribution in [0.4, 0.5) is 0 Å². The second-order valence-corrected chi connectivity index (χ2v) is 6.17. The molecule has 0 spiro atoms. The molecule has 6 heteroatoms. The summed E-state index contributed by atoms with van der Waals surface area (Å²) in [7, 11) is 1.76. The number of ether oxygens (including phenoxy) is 1. The number of nitrogens with zero attached hydrogens (tertiary/aromatic N) is 1. The van der Waals surface area contributed by atoms with E-state index in [9.17, 15) is 4.79 Å². The van der Waals surface area contributed by atoms with E-state index >= 15 is 0 Å². The van der Waals surface area contributed by atoms with Gasteiger partial charge in [-0.3, -0.25) is 4.79 Å². The largest absolute Gasteiger partial charge is 0.480 e. The lowest BCUT2D eigenvalue weighted by Crippen LogP contribution is -2.38. The molecule has 0 radical (unpaired) electrons. The van der Waals surface area contributed by atoms with Crippen molar-refractivity contribution in [3.05, 3.63) is 27.7 Å². The van der Waals surface area contributed by atoms with Crippen LogP contribution in [-0.2, 0) is 4.79 Å². The Hall–Kier alpha value is -0.780. The van der Waals surface area contributed by atoms with Crippen molar-refractivity contribution < 1.29 is 14.6 Å². The smallest absolute Gasteiger partial charge is 0.263 e. The number of carbonyl (C=O) groups is 1. The van der Waals surface area contributed by atoms with E-state index < -0.39 is 6.10 Å². The van der Waals surface area contributed by atoms with Crippen molar-refractivity contribution in [2.45, 2.75) is 32.3 Å². The number of halogens is 2. The monoisotopic (exact) mass is 377 g/mol. The highest BCUT2D eigenvalue weighted by molar-refractivity contribution is 9.10. The average Bonchev–Trinajstić information content (AvgIpc) is 2.45. The van der Waals surface area contributed by atoms with Crippen LogP contribution < -0.4 is 4.74 Å². The SMILES string of the molecule is CC(Oc1ccc(Cl)cc1Br)C(=O)N(C)CCCCCO. The Morgan fingerprint density at radius 2 is 2.14 bits per heavy atom. The molecule has 118 valence electrons. The summed E-state index contributed by atoms with van der Waals surface area (Å²) in [6, 6.07) is 5.18. The van der Waals surface area contributed by atoms with Crippen molar-refractivity contribution in [1.82, 2.24) is 4.90 Å². The Bertz CT molecular complexity index is 470. The summed E-state index contributed by atoms with van der Waals surface area (Å²) in [5, 5.41) is 9.33. The van der Waals surface area contributed by atoms with E-state index in [4.69, 9.17) is 21.4 Å². The molecule has 0 aliphatic heterocycles. The highest BCUT2D eigenvalue weighted by atomic mass is 79.9. The van der Waals surface area contributed by atoms with Crippen molar-refractivity contribution >= 4 is 33.4 Å². The summed E-state index contributed by atoms with van der Waals surface area (Å²) < 4.78 is 6.40.